The highest BCUT2D eigenvalue weighted by atomic mass is 35.5. The average Bonchev–Trinajstić information content (AvgIpc) is 3.09. The summed E-state index contributed by atoms with van der Waals surface area (Å²) in [7, 11) is 0. The molecule has 3 rings (SSSR count). The summed E-state index contributed by atoms with van der Waals surface area (Å²) in [6.45, 7) is 7.81. The van der Waals surface area contributed by atoms with Crippen molar-refractivity contribution in [1.29, 1.82) is 0 Å². The lowest BCUT2D eigenvalue weighted by Crippen LogP contribution is -2.46. The van der Waals surface area contributed by atoms with Crippen LogP contribution < -0.4 is 15.8 Å². The van der Waals surface area contributed by atoms with Crippen LogP contribution in [0, 0.1) is 11.3 Å². The molecule has 0 radical (unpaired) electrons. The topological polar surface area (TPSA) is 76.8 Å². The molecular weight excluding hydrogens is 401 g/mol. The SMILES string of the molecule is CC1CCN(CCOc2ccc(NC(=O)C3(CN)CCOCC3)cc2)C1.Cl.Cl. The van der Waals surface area contributed by atoms with Crippen LogP contribution in [-0.4, -0.2) is 56.8 Å². The molecule has 0 aliphatic carbocycles. The number of hydrogen-bond acceptors (Lipinski definition) is 5. The number of anilines is 1. The van der Waals surface area contributed by atoms with E-state index in [1.54, 1.807) is 0 Å². The number of carbonyl (C=O) groups excluding carboxylic acids is 1. The molecule has 2 heterocycles. The predicted molar refractivity (Wildman–Crippen MR) is 117 cm³/mol. The second-order valence-corrected chi connectivity index (χ2v) is 7.62. The van der Waals surface area contributed by atoms with Gasteiger partial charge in [0.15, 0.2) is 0 Å². The number of benzene rings is 1. The number of halogens is 2. The highest BCUT2D eigenvalue weighted by molar-refractivity contribution is 5.95. The predicted octanol–water partition coefficient (Wildman–Crippen LogP) is 2.94. The molecule has 2 aliphatic heterocycles. The van der Waals surface area contributed by atoms with E-state index >= 15 is 0 Å². The third-order valence-electron chi connectivity index (χ3n) is 5.62. The van der Waals surface area contributed by atoms with E-state index in [1.807, 2.05) is 24.3 Å². The standard InChI is InChI=1S/C20H31N3O3.2ClH/c1-16-6-9-23(14-16)10-13-26-18-4-2-17(3-5-18)22-19(24)20(15-21)7-11-25-12-8-20;;/h2-5,16H,6-15,21H2,1H3,(H,22,24);2*1H. The number of rotatable bonds is 7. The maximum Gasteiger partial charge on any atom is 0.232 e. The Morgan fingerprint density at radius 3 is 2.54 bits per heavy atom. The van der Waals surface area contributed by atoms with Gasteiger partial charge in [0.25, 0.3) is 0 Å². The van der Waals surface area contributed by atoms with Crippen LogP contribution in [0.5, 0.6) is 5.75 Å². The van der Waals surface area contributed by atoms with Gasteiger partial charge in [-0.2, -0.15) is 0 Å². The fourth-order valence-electron chi connectivity index (χ4n) is 3.71. The molecular formula is C20H33Cl2N3O3. The van der Waals surface area contributed by atoms with E-state index in [-0.39, 0.29) is 30.7 Å². The van der Waals surface area contributed by atoms with Gasteiger partial charge >= 0.3 is 0 Å². The van der Waals surface area contributed by atoms with Crippen molar-refractivity contribution in [2.24, 2.45) is 17.1 Å². The molecule has 1 aromatic carbocycles. The first-order valence-electron chi connectivity index (χ1n) is 9.66. The molecule has 3 N–H and O–H groups in total. The minimum Gasteiger partial charge on any atom is -0.492 e. The van der Waals surface area contributed by atoms with Crippen LogP contribution in [0.1, 0.15) is 26.2 Å². The highest BCUT2D eigenvalue weighted by Gasteiger charge is 2.38. The van der Waals surface area contributed by atoms with Crippen LogP contribution in [0.4, 0.5) is 5.69 Å². The maximum atomic E-state index is 12.7. The zero-order valence-electron chi connectivity index (χ0n) is 16.5. The van der Waals surface area contributed by atoms with Gasteiger partial charge in [-0.1, -0.05) is 6.92 Å². The van der Waals surface area contributed by atoms with Gasteiger partial charge in [-0.25, -0.2) is 0 Å². The van der Waals surface area contributed by atoms with Crippen LogP contribution in [0.15, 0.2) is 24.3 Å². The first-order valence-corrected chi connectivity index (χ1v) is 9.66. The largest absolute Gasteiger partial charge is 0.492 e. The van der Waals surface area contributed by atoms with Crippen molar-refractivity contribution in [3.8, 4) is 5.75 Å². The van der Waals surface area contributed by atoms with Crippen molar-refractivity contribution in [3.63, 3.8) is 0 Å². The van der Waals surface area contributed by atoms with Crippen LogP contribution in [0.3, 0.4) is 0 Å². The van der Waals surface area contributed by atoms with Gasteiger partial charge in [-0.15, -0.1) is 24.8 Å². The molecule has 0 saturated carbocycles. The molecule has 2 fully saturated rings. The van der Waals surface area contributed by atoms with Crippen LogP contribution >= 0.6 is 24.8 Å². The second kappa shape index (κ2) is 11.8. The van der Waals surface area contributed by atoms with Gasteiger partial charge in [0, 0.05) is 38.5 Å². The van der Waals surface area contributed by atoms with E-state index < -0.39 is 5.41 Å². The van der Waals surface area contributed by atoms with Crippen molar-refractivity contribution in [2.45, 2.75) is 26.2 Å². The number of amides is 1. The smallest absolute Gasteiger partial charge is 0.232 e. The third-order valence-corrected chi connectivity index (χ3v) is 5.62. The summed E-state index contributed by atoms with van der Waals surface area (Å²) in [5.74, 6) is 1.61. The van der Waals surface area contributed by atoms with Gasteiger partial charge in [-0.3, -0.25) is 9.69 Å². The molecule has 1 atom stereocenters. The molecule has 0 bridgehead atoms. The zero-order valence-corrected chi connectivity index (χ0v) is 18.2. The lowest BCUT2D eigenvalue weighted by atomic mass is 9.79. The number of nitrogens with two attached hydrogens (primary N) is 1. The van der Waals surface area contributed by atoms with Crippen molar-refractivity contribution in [2.75, 3.05) is 51.3 Å². The number of ether oxygens (including phenoxy) is 2. The molecule has 1 amide bonds. The van der Waals surface area contributed by atoms with Crippen LogP contribution in [-0.2, 0) is 9.53 Å². The Morgan fingerprint density at radius 2 is 1.96 bits per heavy atom. The van der Waals surface area contributed by atoms with Crippen molar-refractivity contribution >= 4 is 36.4 Å². The summed E-state index contributed by atoms with van der Waals surface area (Å²) in [5, 5.41) is 3.00. The lowest BCUT2D eigenvalue weighted by molar-refractivity contribution is -0.130. The lowest BCUT2D eigenvalue weighted by Gasteiger charge is -2.34. The summed E-state index contributed by atoms with van der Waals surface area (Å²) < 4.78 is 11.2. The molecule has 6 nitrogen and oxygen atoms in total. The van der Waals surface area contributed by atoms with Crippen LogP contribution in [0.25, 0.3) is 0 Å². The van der Waals surface area contributed by atoms with Gasteiger partial charge in [0.2, 0.25) is 5.91 Å². The first kappa shape index (κ1) is 25.0. The minimum absolute atomic E-state index is 0. The first-order chi connectivity index (χ1) is 12.6. The van der Waals surface area contributed by atoms with Crippen LogP contribution in [0.2, 0.25) is 0 Å². The third kappa shape index (κ3) is 6.49. The van der Waals surface area contributed by atoms with E-state index in [2.05, 4.69) is 17.1 Å². The van der Waals surface area contributed by atoms with Gasteiger partial charge in [0.1, 0.15) is 12.4 Å². The summed E-state index contributed by atoms with van der Waals surface area (Å²) in [6, 6.07) is 7.58. The Kier molecular flexibility index (Phi) is 10.6. The normalized spacial score (nSPS) is 21.3. The fraction of sp³-hybridized carbons (Fsp3) is 0.650. The monoisotopic (exact) mass is 433 g/mol. The quantitative estimate of drug-likeness (QED) is 0.690. The van der Waals surface area contributed by atoms with E-state index in [4.69, 9.17) is 15.2 Å². The number of hydrogen-bond donors (Lipinski definition) is 2. The molecule has 0 spiro atoms. The number of nitrogens with one attached hydrogen (secondary N) is 1. The molecule has 1 aromatic rings. The van der Waals surface area contributed by atoms with E-state index in [0.717, 1.165) is 23.9 Å². The molecule has 2 aliphatic rings. The minimum atomic E-state index is -0.514. The Labute approximate surface area is 180 Å². The highest BCUT2D eigenvalue weighted by Crippen LogP contribution is 2.31. The molecule has 0 aromatic heterocycles. The Hall–Kier alpha value is -1.05. The Balaban J connectivity index is 0.00000196. The number of carbonyl (C=O) groups is 1. The Bertz CT molecular complexity index is 595. The van der Waals surface area contributed by atoms with Gasteiger partial charge in [0.05, 0.1) is 5.41 Å². The molecule has 160 valence electrons. The van der Waals surface area contributed by atoms with Gasteiger partial charge < -0.3 is 20.5 Å². The maximum absolute atomic E-state index is 12.7. The zero-order chi connectivity index (χ0) is 18.4. The summed E-state index contributed by atoms with van der Waals surface area (Å²) >= 11 is 0. The number of likely N-dealkylation sites (tertiary alicyclic amines) is 1. The fourth-order valence-corrected chi connectivity index (χ4v) is 3.71. The molecule has 28 heavy (non-hydrogen) atoms. The van der Waals surface area contributed by atoms with E-state index in [9.17, 15) is 4.79 Å². The van der Waals surface area contributed by atoms with Gasteiger partial charge in [-0.05, 0) is 56.0 Å². The summed E-state index contributed by atoms with van der Waals surface area (Å²) in [6.07, 6.45) is 2.63. The molecule has 2 saturated heterocycles. The summed E-state index contributed by atoms with van der Waals surface area (Å²) in [5.41, 5.74) is 6.15. The summed E-state index contributed by atoms with van der Waals surface area (Å²) in [4.78, 5) is 15.1. The average molecular weight is 434 g/mol. The Morgan fingerprint density at radius 1 is 1.29 bits per heavy atom. The second-order valence-electron chi connectivity index (χ2n) is 7.62. The van der Waals surface area contributed by atoms with E-state index in [0.29, 0.717) is 39.2 Å². The molecule has 8 heteroatoms. The van der Waals surface area contributed by atoms with Crippen molar-refractivity contribution in [1.82, 2.24) is 4.90 Å². The van der Waals surface area contributed by atoms with E-state index in [1.165, 1.54) is 19.5 Å². The van der Waals surface area contributed by atoms with Crippen molar-refractivity contribution in [3.05, 3.63) is 24.3 Å². The van der Waals surface area contributed by atoms with Crippen molar-refractivity contribution < 1.29 is 14.3 Å². The molecule has 1 unspecified atom stereocenters. The number of nitrogens with zero attached hydrogens (tertiary/aromatic N) is 1.